The summed E-state index contributed by atoms with van der Waals surface area (Å²) in [6.45, 7) is 0.229. The molecule has 1 N–H and O–H groups in total. The van der Waals surface area contributed by atoms with Gasteiger partial charge in [0, 0.05) is 18.2 Å². The number of anilines is 1. The Morgan fingerprint density at radius 2 is 1.71 bits per heavy atom. The second-order valence-corrected chi connectivity index (χ2v) is 11.4. The predicted molar refractivity (Wildman–Crippen MR) is 135 cm³/mol. The number of carbonyl (C=O) groups excluding carboxylic acids is 2. The van der Waals surface area contributed by atoms with E-state index in [0.717, 1.165) is 61.5 Å². The molecule has 0 bridgehead atoms. The first-order chi connectivity index (χ1) is 17.8. The summed E-state index contributed by atoms with van der Waals surface area (Å²) < 4.78 is 79.9. The summed E-state index contributed by atoms with van der Waals surface area (Å²) in [5.74, 6) is -1.98. The van der Waals surface area contributed by atoms with Crippen LogP contribution in [0.15, 0.2) is 48.5 Å². The lowest BCUT2D eigenvalue weighted by atomic mass is 9.95. The molecule has 0 radical (unpaired) electrons. The van der Waals surface area contributed by atoms with E-state index >= 15 is 0 Å². The molecule has 1 saturated carbocycles. The van der Waals surface area contributed by atoms with Crippen LogP contribution in [-0.2, 0) is 32.3 Å². The van der Waals surface area contributed by atoms with Crippen LogP contribution in [-0.4, -0.2) is 50.0 Å². The van der Waals surface area contributed by atoms with Crippen LogP contribution in [0.1, 0.15) is 50.2 Å². The lowest BCUT2D eigenvalue weighted by molar-refractivity contribution is -0.139. The zero-order valence-corrected chi connectivity index (χ0v) is 22.0. The van der Waals surface area contributed by atoms with Crippen molar-refractivity contribution >= 4 is 27.5 Å². The summed E-state index contributed by atoms with van der Waals surface area (Å²) in [5.41, 5.74) is -1.34. The number of nitrogens with zero attached hydrogens (tertiary/aromatic N) is 2. The number of carbonyl (C=O) groups is 2. The number of nitrogens with one attached hydrogen (secondary N) is 1. The zero-order chi connectivity index (χ0) is 28.1. The Labute approximate surface area is 219 Å². The number of rotatable bonds is 9. The van der Waals surface area contributed by atoms with E-state index in [9.17, 15) is 35.6 Å². The molecule has 2 aromatic rings. The van der Waals surface area contributed by atoms with Crippen LogP contribution in [0.25, 0.3) is 0 Å². The number of halogens is 4. The fourth-order valence-corrected chi connectivity index (χ4v) is 5.25. The maximum absolute atomic E-state index is 14.5. The SMILES string of the molecule is C[C@H](C(=O)NC1CCCCC1)N(Cc1ccccc1F)C(=O)CN(c1cccc(C(F)(F)F)c1)S(C)(=O)=O. The second kappa shape index (κ2) is 12.1. The quantitative estimate of drug-likeness (QED) is 0.461. The Morgan fingerprint density at radius 1 is 1.05 bits per heavy atom. The summed E-state index contributed by atoms with van der Waals surface area (Å²) in [4.78, 5) is 27.6. The molecule has 2 aromatic carbocycles. The van der Waals surface area contributed by atoms with E-state index < -0.39 is 52.0 Å². The van der Waals surface area contributed by atoms with Crippen LogP contribution in [0.5, 0.6) is 0 Å². The van der Waals surface area contributed by atoms with Gasteiger partial charge in [-0.15, -0.1) is 0 Å². The maximum atomic E-state index is 14.5. The molecule has 0 aromatic heterocycles. The second-order valence-electron chi connectivity index (χ2n) is 9.45. The minimum absolute atomic E-state index is 0.0678. The number of sulfonamides is 1. The molecule has 12 heteroatoms. The molecule has 1 atom stereocenters. The highest BCUT2D eigenvalue weighted by Gasteiger charge is 2.34. The third-order valence-electron chi connectivity index (χ3n) is 6.56. The molecule has 7 nitrogen and oxygen atoms in total. The van der Waals surface area contributed by atoms with Gasteiger partial charge in [-0.3, -0.25) is 13.9 Å². The topological polar surface area (TPSA) is 86.8 Å². The zero-order valence-electron chi connectivity index (χ0n) is 21.2. The Hall–Kier alpha value is -3.15. The average molecular weight is 558 g/mol. The third-order valence-corrected chi connectivity index (χ3v) is 7.70. The normalized spacial score (nSPS) is 15.5. The van der Waals surface area contributed by atoms with Gasteiger partial charge in [-0.2, -0.15) is 13.2 Å². The Morgan fingerprint density at radius 3 is 2.32 bits per heavy atom. The molecule has 38 heavy (non-hydrogen) atoms. The van der Waals surface area contributed by atoms with Crippen molar-refractivity contribution < 1.29 is 35.6 Å². The van der Waals surface area contributed by atoms with Crippen molar-refractivity contribution in [2.24, 2.45) is 0 Å². The van der Waals surface area contributed by atoms with Crippen LogP contribution >= 0.6 is 0 Å². The van der Waals surface area contributed by atoms with Gasteiger partial charge in [0.25, 0.3) is 0 Å². The number of benzene rings is 2. The fraction of sp³-hybridized carbons (Fsp3) is 0.462. The van der Waals surface area contributed by atoms with E-state index in [2.05, 4.69) is 5.32 Å². The lowest BCUT2D eigenvalue weighted by Crippen LogP contribution is -2.53. The van der Waals surface area contributed by atoms with Crippen LogP contribution in [0.4, 0.5) is 23.2 Å². The maximum Gasteiger partial charge on any atom is 0.416 e. The van der Waals surface area contributed by atoms with Gasteiger partial charge in [-0.05, 0) is 44.0 Å². The van der Waals surface area contributed by atoms with E-state index in [4.69, 9.17) is 0 Å². The van der Waals surface area contributed by atoms with Crippen molar-refractivity contribution in [1.82, 2.24) is 10.2 Å². The molecule has 0 heterocycles. The van der Waals surface area contributed by atoms with Crippen LogP contribution in [0.2, 0.25) is 0 Å². The van der Waals surface area contributed by atoms with Gasteiger partial charge in [0.15, 0.2) is 0 Å². The summed E-state index contributed by atoms with van der Waals surface area (Å²) in [7, 11) is -4.21. The molecule has 2 amide bonds. The minimum Gasteiger partial charge on any atom is -0.352 e. The highest BCUT2D eigenvalue weighted by molar-refractivity contribution is 7.92. The highest BCUT2D eigenvalue weighted by Crippen LogP contribution is 2.32. The standard InChI is InChI=1S/C26H31F4N3O4S/c1-18(25(35)31-21-11-4-3-5-12-21)32(16-19-9-6-7-14-23(19)27)24(34)17-33(38(2,36)37)22-13-8-10-20(15-22)26(28,29)30/h6-10,13-15,18,21H,3-5,11-12,16-17H2,1-2H3,(H,31,35)/t18-/m1/s1. The Balaban J connectivity index is 1.92. The summed E-state index contributed by atoms with van der Waals surface area (Å²) >= 11 is 0. The Kier molecular flexibility index (Phi) is 9.40. The minimum atomic E-state index is -4.73. The van der Waals surface area contributed by atoms with Crippen LogP contribution in [0, 0.1) is 5.82 Å². The summed E-state index contributed by atoms with van der Waals surface area (Å²) in [6, 6.07) is 8.07. The molecule has 0 spiro atoms. The smallest absolute Gasteiger partial charge is 0.352 e. The first kappa shape index (κ1) is 29.4. The van der Waals surface area contributed by atoms with Crippen LogP contribution < -0.4 is 9.62 Å². The average Bonchev–Trinajstić information content (AvgIpc) is 2.85. The van der Waals surface area contributed by atoms with E-state index in [1.54, 1.807) is 6.07 Å². The van der Waals surface area contributed by atoms with E-state index in [1.165, 1.54) is 25.1 Å². The molecule has 0 saturated heterocycles. The number of amides is 2. The first-order valence-corrected chi connectivity index (χ1v) is 14.1. The molecular weight excluding hydrogens is 526 g/mol. The molecule has 0 aliphatic heterocycles. The van der Waals surface area contributed by atoms with Crippen molar-refractivity contribution in [3.8, 4) is 0 Å². The van der Waals surface area contributed by atoms with Gasteiger partial charge in [0.2, 0.25) is 21.8 Å². The van der Waals surface area contributed by atoms with Crippen molar-refractivity contribution in [3.05, 3.63) is 65.5 Å². The van der Waals surface area contributed by atoms with Crippen molar-refractivity contribution in [2.75, 3.05) is 17.1 Å². The van der Waals surface area contributed by atoms with Crippen LogP contribution in [0.3, 0.4) is 0 Å². The largest absolute Gasteiger partial charge is 0.416 e. The summed E-state index contributed by atoms with van der Waals surface area (Å²) in [6.07, 6.45) is 0.590. The van der Waals surface area contributed by atoms with Gasteiger partial charge in [-0.1, -0.05) is 43.5 Å². The van der Waals surface area contributed by atoms with E-state index in [0.29, 0.717) is 10.4 Å². The van der Waals surface area contributed by atoms with Gasteiger partial charge < -0.3 is 10.2 Å². The van der Waals surface area contributed by atoms with Crippen molar-refractivity contribution in [3.63, 3.8) is 0 Å². The van der Waals surface area contributed by atoms with Gasteiger partial charge in [0.1, 0.15) is 18.4 Å². The molecule has 1 aliphatic carbocycles. The van der Waals surface area contributed by atoms with Gasteiger partial charge in [0.05, 0.1) is 17.5 Å². The van der Waals surface area contributed by atoms with Gasteiger partial charge in [-0.25, -0.2) is 12.8 Å². The molecule has 208 valence electrons. The molecule has 1 fully saturated rings. The fourth-order valence-electron chi connectivity index (χ4n) is 4.41. The molecule has 0 unspecified atom stereocenters. The van der Waals surface area contributed by atoms with E-state index in [1.807, 2.05) is 0 Å². The monoisotopic (exact) mass is 557 g/mol. The van der Waals surface area contributed by atoms with E-state index in [-0.39, 0.29) is 23.8 Å². The third kappa shape index (κ3) is 7.68. The highest BCUT2D eigenvalue weighted by atomic mass is 32.2. The lowest BCUT2D eigenvalue weighted by Gasteiger charge is -2.33. The predicted octanol–water partition coefficient (Wildman–Crippen LogP) is 4.48. The number of alkyl halides is 3. The number of hydrogen-bond acceptors (Lipinski definition) is 4. The number of hydrogen-bond donors (Lipinski definition) is 1. The molecule has 3 rings (SSSR count). The van der Waals surface area contributed by atoms with Crippen molar-refractivity contribution in [2.45, 2.75) is 63.8 Å². The van der Waals surface area contributed by atoms with Crippen molar-refractivity contribution in [1.29, 1.82) is 0 Å². The van der Waals surface area contributed by atoms with Gasteiger partial charge >= 0.3 is 6.18 Å². The summed E-state index contributed by atoms with van der Waals surface area (Å²) in [5, 5.41) is 2.91. The first-order valence-electron chi connectivity index (χ1n) is 12.3. The Bertz CT molecular complexity index is 1250. The molecule has 1 aliphatic rings. The molecular formula is C26H31F4N3O4S.